The average molecular weight is 547 g/mol. The average Bonchev–Trinajstić information content (AvgIpc) is 3.35. The highest BCUT2D eigenvalue weighted by atomic mass is 35.5. The van der Waals surface area contributed by atoms with Gasteiger partial charge in [0.2, 0.25) is 15.0 Å². The van der Waals surface area contributed by atoms with Gasteiger partial charge in [0.15, 0.2) is 6.10 Å². The maximum Gasteiger partial charge on any atom is 0.401 e. The van der Waals surface area contributed by atoms with Gasteiger partial charge in [0.05, 0.1) is 17.5 Å². The Kier molecular flexibility index (Phi) is 5.94. The van der Waals surface area contributed by atoms with Crippen molar-refractivity contribution < 1.29 is 40.3 Å². The van der Waals surface area contributed by atoms with Crippen LogP contribution >= 0.6 is 11.6 Å². The Morgan fingerprint density at radius 2 is 1.94 bits per heavy atom. The second-order valence-electron chi connectivity index (χ2n) is 9.02. The lowest BCUT2D eigenvalue weighted by Gasteiger charge is -2.39. The minimum Gasteiger partial charge on any atom is -0.386 e. The highest BCUT2D eigenvalue weighted by Crippen LogP contribution is 2.50. The van der Waals surface area contributed by atoms with Crippen LogP contribution in [0, 0.1) is 11.7 Å². The van der Waals surface area contributed by atoms with E-state index in [0.717, 1.165) is 12.3 Å². The smallest absolute Gasteiger partial charge is 0.386 e. The van der Waals surface area contributed by atoms with Gasteiger partial charge in [0.1, 0.15) is 23.0 Å². The van der Waals surface area contributed by atoms with Crippen molar-refractivity contribution in [2.45, 2.75) is 30.4 Å². The minimum atomic E-state index is -4.85. The van der Waals surface area contributed by atoms with E-state index in [4.69, 9.17) is 21.2 Å². The second kappa shape index (κ2) is 8.51. The van der Waals surface area contributed by atoms with Crippen molar-refractivity contribution in [1.82, 2.24) is 5.32 Å². The third-order valence-corrected chi connectivity index (χ3v) is 7.93. The first kappa shape index (κ1) is 25.1. The standard InChI is InChI=1S/C23H19ClF4N2O5S/c1-36(32,33)17(31)8-16-13-7-11(5-6-14(13)22(34-16)9-29-10-22)20-18(23(26,27)28)21(35-30-20)12-3-2-4-15(24)19(12)25/h2-7,16,18,21,29H,8-10H2,1H3/t16-,18?,21?/m0/s1. The van der Waals surface area contributed by atoms with Crippen molar-refractivity contribution in [1.29, 1.82) is 0 Å². The number of fused-ring (bicyclic) bond motifs is 2. The number of ether oxygens (including phenoxy) is 1. The number of hydrogen-bond acceptors (Lipinski definition) is 7. The molecular weight excluding hydrogens is 528 g/mol. The predicted molar refractivity (Wildman–Crippen MR) is 121 cm³/mol. The van der Waals surface area contributed by atoms with Crippen LogP contribution in [0.2, 0.25) is 5.02 Å². The van der Waals surface area contributed by atoms with Crippen molar-refractivity contribution in [2.75, 3.05) is 19.3 Å². The van der Waals surface area contributed by atoms with Crippen LogP contribution in [0.3, 0.4) is 0 Å². The van der Waals surface area contributed by atoms with Gasteiger partial charge in [0.25, 0.3) is 0 Å². The molecular formula is C23H19ClF4N2O5S. The normalized spacial score (nSPS) is 24.7. The van der Waals surface area contributed by atoms with E-state index in [1.165, 1.54) is 24.3 Å². The van der Waals surface area contributed by atoms with Crippen LogP contribution in [0.4, 0.5) is 17.6 Å². The van der Waals surface area contributed by atoms with Gasteiger partial charge in [-0.2, -0.15) is 13.2 Å². The van der Waals surface area contributed by atoms with E-state index in [9.17, 15) is 30.8 Å². The van der Waals surface area contributed by atoms with E-state index in [1.54, 1.807) is 6.07 Å². The maximum atomic E-state index is 14.6. The fourth-order valence-corrected chi connectivity index (χ4v) is 5.43. The van der Waals surface area contributed by atoms with Gasteiger partial charge in [-0.25, -0.2) is 12.8 Å². The Morgan fingerprint density at radius 3 is 2.56 bits per heavy atom. The summed E-state index contributed by atoms with van der Waals surface area (Å²) in [5, 5.41) is 5.34. The number of benzene rings is 2. The molecule has 13 heteroatoms. The summed E-state index contributed by atoms with van der Waals surface area (Å²) >= 11 is 5.77. The molecule has 3 heterocycles. The van der Waals surface area contributed by atoms with Crippen LogP contribution in [-0.2, 0) is 29.8 Å². The molecule has 1 spiro atoms. The number of sulfone groups is 1. The Balaban J connectivity index is 1.54. The molecule has 3 atom stereocenters. The fourth-order valence-electron chi connectivity index (χ4n) is 4.79. The number of hydrogen-bond donors (Lipinski definition) is 1. The molecule has 0 aliphatic carbocycles. The molecule has 0 bridgehead atoms. The number of rotatable bonds is 4. The van der Waals surface area contributed by atoms with Crippen LogP contribution in [0.25, 0.3) is 0 Å². The number of oxime groups is 1. The van der Waals surface area contributed by atoms with Crippen LogP contribution in [-0.4, -0.2) is 44.8 Å². The lowest BCUT2D eigenvalue weighted by Crippen LogP contribution is -2.56. The molecule has 1 fully saturated rings. The summed E-state index contributed by atoms with van der Waals surface area (Å²) in [6, 6.07) is 8.10. The van der Waals surface area contributed by atoms with Gasteiger partial charge in [0, 0.05) is 30.5 Å². The molecule has 5 rings (SSSR count). The highest BCUT2D eigenvalue weighted by Gasteiger charge is 2.55. The van der Waals surface area contributed by atoms with E-state index < -0.39 is 62.8 Å². The zero-order valence-electron chi connectivity index (χ0n) is 18.6. The summed E-state index contributed by atoms with van der Waals surface area (Å²) in [6.07, 6.45) is -7.32. The lowest BCUT2D eigenvalue weighted by molar-refractivity contribution is -0.178. The Bertz CT molecular complexity index is 1390. The summed E-state index contributed by atoms with van der Waals surface area (Å²) in [5.74, 6) is -3.34. The summed E-state index contributed by atoms with van der Waals surface area (Å²) in [6.45, 7) is 0.794. The SMILES string of the molecule is CS(=O)(=O)C(=O)C[C@@H]1OC2(CNC2)c2ccc(C3=NOC(c4cccc(Cl)c4F)C3C(F)(F)F)cc21. The van der Waals surface area contributed by atoms with E-state index in [1.807, 2.05) is 0 Å². The third kappa shape index (κ3) is 4.09. The van der Waals surface area contributed by atoms with Crippen LogP contribution in [0.15, 0.2) is 41.6 Å². The summed E-state index contributed by atoms with van der Waals surface area (Å²) in [4.78, 5) is 17.3. The Morgan fingerprint density at radius 1 is 1.22 bits per heavy atom. The number of nitrogens with zero attached hydrogens (tertiary/aromatic N) is 1. The molecule has 0 amide bonds. The molecule has 3 aliphatic heterocycles. The van der Waals surface area contributed by atoms with Crippen molar-refractivity contribution in [2.24, 2.45) is 11.1 Å². The van der Waals surface area contributed by atoms with Crippen molar-refractivity contribution in [3.8, 4) is 0 Å². The topological polar surface area (TPSA) is 94.1 Å². The third-order valence-electron chi connectivity index (χ3n) is 6.64. The zero-order valence-corrected chi connectivity index (χ0v) is 20.2. The van der Waals surface area contributed by atoms with Crippen LogP contribution in [0.1, 0.15) is 40.9 Å². The molecule has 2 aromatic rings. The molecule has 192 valence electrons. The minimum absolute atomic E-state index is 0.0331. The first-order valence-electron chi connectivity index (χ1n) is 10.8. The van der Waals surface area contributed by atoms with Crippen LogP contribution in [0.5, 0.6) is 0 Å². The first-order valence-corrected chi connectivity index (χ1v) is 13.1. The van der Waals surface area contributed by atoms with E-state index in [0.29, 0.717) is 24.2 Å². The van der Waals surface area contributed by atoms with Gasteiger partial charge in [-0.3, -0.25) is 4.79 Å². The predicted octanol–water partition coefficient (Wildman–Crippen LogP) is 3.96. The number of carbonyl (C=O) groups excluding carboxylic acids is 1. The summed E-state index contributed by atoms with van der Waals surface area (Å²) < 4.78 is 86.8. The molecule has 1 N–H and O–H groups in total. The molecule has 7 nitrogen and oxygen atoms in total. The van der Waals surface area contributed by atoms with Gasteiger partial charge in [-0.1, -0.05) is 41.0 Å². The highest BCUT2D eigenvalue weighted by molar-refractivity contribution is 8.05. The molecule has 0 radical (unpaired) electrons. The summed E-state index contributed by atoms with van der Waals surface area (Å²) in [7, 11) is -3.99. The molecule has 2 unspecified atom stereocenters. The number of nitrogens with one attached hydrogen (secondary N) is 1. The van der Waals surface area contributed by atoms with Gasteiger partial charge >= 0.3 is 6.18 Å². The lowest BCUT2D eigenvalue weighted by atomic mass is 9.83. The molecule has 0 saturated carbocycles. The van der Waals surface area contributed by atoms with E-state index in [-0.39, 0.29) is 16.1 Å². The zero-order chi connectivity index (χ0) is 26.0. The Labute approximate surface area is 208 Å². The van der Waals surface area contributed by atoms with Gasteiger partial charge in [-0.05, 0) is 23.3 Å². The molecule has 1 saturated heterocycles. The largest absolute Gasteiger partial charge is 0.401 e. The Hall–Kier alpha value is -2.54. The first-order chi connectivity index (χ1) is 16.8. The van der Waals surface area contributed by atoms with Crippen molar-refractivity contribution in [3.05, 3.63) is 69.5 Å². The van der Waals surface area contributed by atoms with E-state index >= 15 is 0 Å². The number of alkyl halides is 3. The van der Waals surface area contributed by atoms with Crippen molar-refractivity contribution in [3.63, 3.8) is 0 Å². The molecule has 3 aliphatic rings. The monoisotopic (exact) mass is 546 g/mol. The van der Waals surface area contributed by atoms with E-state index in [2.05, 4.69) is 10.5 Å². The van der Waals surface area contributed by atoms with Gasteiger partial charge in [-0.15, -0.1) is 0 Å². The summed E-state index contributed by atoms with van der Waals surface area (Å²) in [5.41, 5.74) is -0.588. The molecule has 36 heavy (non-hydrogen) atoms. The maximum absolute atomic E-state index is 14.6. The van der Waals surface area contributed by atoms with Crippen molar-refractivity contribution >= 4 is 32.3 Å². The van der Waals surface area contributed by atoms with Gasteiger partial charge < -0.3 is 14.9 Å². The number of halogens is 5. The quantitative estimate of drug-likeness (QED) is 0.584. The number of carbonyl (C=O) groups is 1. The second-order valence-corrected chi connectivity index (χ2v) is 11.4. The molecule has 0 aromatic heterocycles. The van der Waals surface area contributed by atoms with Crippen LogP contribution < -0.4 is 5.32 Å². The molecule has 2 aromatic carbocycles. The fraction of sp³-hybridized carbons (Fsp3) is 0.391.